The molecule has 2 heterocycles. The van der Waals surface area contributed by atoms with Gasteiger partial charge in [-0.15, -0.1) is 0 Å². The van der Waals surface area contributed by atoms with Gasteiger partial charge in [-0.25, -0.2) is 0 Å². The molecule has 5 rings (SSSR count). The summed E-state index contributed by atoms with van der Waals surface area (Å²) in [5, 5.41) is 3.98. The van der Waals surface area contributed by atoms with E-state index in [1.807, 2.05) is 17.5 Å². The van der Waals surface area contributed by atoms with E-state index in [-0.39, 0.29) is 0 Å². The van der Waals surface area contributed by atoms with Crippen molar-refractivity contribution in [2.75, 3.05) is 0 Å². The number of rotatable bonds is 4. The van der Waals surface area contributed by atoms with Crippen molar-refractivity contribution in [3.8, 4) is 21.7 Å². The predicted molar refractivity (Wildman–Crippen MR) is 159 cm³/mol. The molecule has 0 aliphatic rings. The quantitative estimate of drug-likeness (QED) is 0.208. The summed E-state index contributed by atoms with van der Waals surface area (Å²) in [6.07, 6.45) is 1.99. The number of fused-ring (bicyclic) bond motifs is 2. The van der Waals surface area contributed by atoms with Crippen molar-refractivity contribution in [2.45, 2.75) is 57.8 Å². The average Bonchev–Trinajstić information content (AvgIpc) is 3.13. The van der Waals surface area contributed by atoms with Gasteiger partial charge in [0.05, 0.1) is 0 Å². The molecule has 0 fully saturated rings. The molecule has 0 saturated heterocycles. The van der Waals surface area contributed by atoms with Crippen LogP contribution in [0.2, 0.25) is 17.3 Å². The number of benzene rings is 3. The van der Waals surface area contributed by atoms with Crippen LogP contribution in [-0.2, 0) is 0 Å². The number of hydrogen-bond donors (Lipinski definition) is 0. The van der Waals surface area contributed by atoms with E-state index in [0.29, 0.717) is 5.92 Å². The van der Waals surface area contributed by atoms with E-state index in [0.717, 1.165) is 5.69 Å². The predicted octanol–water partition coefficient (Wildman–Crippen LogP) is 9.38. The van der Waals surface area contributed by atoms with Crippen molar-refractivity contribution >= 4 is 49.9 Å². The summed E-state index contributed by atoms with van der Waals surface area (Å²) < 4.78 is 2.86. The Morgan fingerprint density at radius 1 is 0.829 bits per heavy atom. The molecule has 0 aliphatic heterocycles. The van der Waals surface area contributed by atoms with Crippen LogP contribution in [0.5, 0.6) is 0 Å². The van der Waals surface area contributed by atoms with Crippen molar-refractivity contribution in [2.24, 2.45) is 0 Å². The molecule has 1 nitrogen and oxygen atoms in total. The summed E-state index contributed by atoms with van der Waals surface area (Å²) in [7, 11) is 0. The fourth-order valence-electron chi connectivity index (χ4n) is 5.13. The first-order chi connectivity index (χ1) is 16.5. The second-order valence-electron chi connectivity index (χ2n) is 11.3. The molecule has 35 heavy (non-hydrogen) atoms. The molecular weight excluding hydrogens is 503 g/mol. The van der Waals surface area contributed by atoms with Crippen LogP contribution in [0, 0.1) is 20.8 Å². The van der Waals surface area contributed by atoms with Crippen molar-refractivity contribution in [3.05, 3.63) is 83.0 Å². The van der Waals surface area contributed by atoms with Crippen LogP contribution in [0.15, 0.2) is 60.8 Å². The number of pyridine rings is 1. The van der Waals surface area contributed by atoms with E-state index >= 15 is 0 Å². The van der Waals surface area contributed by atoms with Crippen LogP contribution in [0.4, 0.5) is 0 Å². The standard InChI is InChI=1S/C32H35GeNS/c1-19(2)29-18-24(17-23-15-20(3)9-11-28(23)29)30-32-27(13-14-34-30)22(5)31(35-32)26-12-10-25(16-21(26)4)33(6,7)8/h9-19H,1-8H3. The number of aromatic nitrogens is 1. The van der Waals surface area contributed by atoms with Gasteiger partial charge in [-0.3, -0.25) is 0 Å². The van der Waals surface area contributed by atoms with Gasteiger partial charge in [0, 0.05) is 0 Å². The molecule has 0 N–H and O–H groups in total. The number of thiophene rings is 1. The first-order valence-electron chi connectivity index (χ1n) is 12.6. The summed E-state index contributed by atoms with van der Waals surface area (Å²) in [6, 6.07) is 20.9. The van der Waals surface area contributed by atoms with Gasteiger partial charge in [0.25, 0.3) is 0 Å². The molecule has 0 atom stereocenters. The van der Waals surface area contributed by atoms with E-state index < -0.39 is 13.3 Å². The second kappa shape index (κ2) is 8.90. The normalized spacial score (nSPS) is 12.3. The van der Waals surface area contributed by atoms with Crippen LogP contribution < -0.4 is 4.40 Å². The molecule has 178 valence electrons. The Morgan fingerprint density at radius 2 is 1.60 bits per heavy atom. The minimum atomic E-state index is -1.86. The molecule has 0 amide bonds. The Bertz CT molecular complexity index is 1580. The van der Waals surface area contributed by atoms with Crippen LogP contribution >= 0.6 is 11.3 Å². The molecule has 2 aromatic heterocycles. The van der Waals surface area contributed by atoms with Crippen molar-refractivity contribution in [1.29, 1.82) is 0 Å². The van der Waals surface area contributed by atoms with E-state index in [1.165, 1.54) is 59.1 Å². The molecule has 0 spiro atoms. The Labute approximate surface area is 216 Å². The molecule has 0 unspecified atom stereocenters. The number of nitrogens with zero attached hydrogens (tertiary/aromatic N) is 1. The third-order valence-corrected chi connectivity index (χ3v) is 12.9. The minimum absolute atomic E-state index is 0.453. The molecule has 5 aromatic rings. The van der Waals surface area contributed by atoms with Crippen LogP contribution in [-0.4, -0.2) is 18.3 Å². The molecule has 3 heteroatoms. The number of hydrogen-bond acceptors (Lipinski definition) is 2. The Balaban J connectivity index is 1.72. The SMILES string of the molecule is Cc1ccc2c(C(C)C)cc(-c3nccc4c(C)c(-c5cc[c]([Ge]([CH3])([CH3])[CH3])cc5C)sc34)cc2c1. The topological polar surface area (TPSA) is 12.9 Å². The van der Waals surface area contributed by atoms with Crippen LogP contribution in [0.1, 0.15) is 42.0 Å². The van der Waals surface area contributed by atoms with E-state index in [2.05, 4.69) is 106 Å². The van der Waals surface area contributed by atoms with Crippen LogP contribution in [0.3, 0.4) is 0 Å². The van der Waals surface area contributed by atoms with Crippen molar-refractivity contribution < 1.29 is 0 Å². The summed E-state index contributed by atoms with van der Waals surface area (Å²) in [5.74, 6) is 7.85. The summed E-state index contributed by atoms with van der Waals surface area (Å²) in [5.41, 5.74) is 9.12. The summed E-state index contributed by atoms with van der Waals surface area (Å²) >= 11 is 0.0464. The van der Waals surface area contributed by atoms with Gasteiger partial charge in [-0.05, 0) is 6.92 Å². The molecule has 0 radical (unpaired) electrons. The maximum atomic E-state index is 4.94. The van der Waals surface area contributed by atoms with E-state index in [9.17, 15) is 0 Å². The first-order valence-corrected chi connectivity index (χ1v) is 20.7. The Hall–Kier alpha value is -2.43. The zero-order valence-corrected chi connectivity index (χ0v) is 25.1. The fraction of sp³-hybridized carbons (Fsp3) is 0.281. The Kier molecular flexibility index (Phi) is 6.18. The van der Waals surface area contributed by atoms with Gasteiger partial charge in [0.2, 0.25) is 0 Å². The van der Waals surface area contributed by atoms with E-state index in [1.54, 1.807) is 4.40 Å². The summed E-state index contributed by atoms with van der Waals surface area (Å²) in [6.45, 7) is 11.3. The maximum absolute atomic E-state index is 4.94. The van der Waals surface area contributed by atoms with Gasteiger partial charge in [-0.2, -0.15) is 0 Å². The monoisotopic (exact) mass is 539 g/mol. The second-order valence-corrected chi connectivity index (χ2v) is 23.0. The summed E-state index contributed by atoms with van der Waals surface area (Å²) in [4.78, 5) is 6.32. The van der Waals surface area contributed by atoms with E-state index in [4.69, 9.17) is 4.98 Å². The van der Waals surface area contributed by atoms with Gasteiger partial charge in [0.15, 0.2) is 0 Å². The van der Waals surface area contributed by atoms with Crippen molar-refractivity contribution in [3.63, 3.8) is 0 Å². The number of aryl methyl sites for hydroxylation is 3. The molecule has 0 aliphatic carbocycles. The fourth-order valence-corrected chi connectivity index (χ4v) is 9.12. The van der Waals surface area contributed by atoms with Crippen LogP contribution in [0.25, 0.3) is 42.6 Å². The van der Waals surface area contributed by atoms with Gasteiger partial charge >= 0.3 is 179 Å². The average molecular weight is 538 g/mol. The molecule has 0 saturated carbocycles. The molecular formula is C32H35GeNS. The third kappa shape index (κ3) is 4.36. The van der Waals surface area contributed by atoms with Gasteiger partial charge in [-0.1, -0.05) is 31.5 Å². The van der Waals surface area contributed by atoms with Crippen molar-refractivity contribution in [1.82, 2.24) is 4.98 Å². The zero-order chi connectivity index (χ0) is 25.1. The zero-order valence-electron chi connectivity index (χ0n) is 22.2. The molecule has 3 aromatic carbocycles. The first kappa shape index (κ1) is 24.3. The molecule has 0 bridgehead atoms. The van der Waals surface area contributed by atoms with Gasteiger partial charge in [0.1, 0.15) is 0 Å². The third-order valence-electron chi connectivity index (χ3n) is 7.23. The van der Waals surface area contributed by atoms with Gasteiger partial charge < -0.3 is 0 Å². The Morgan fingerprint density at radius 3 is 2.29 bits per heavy atom.